The summed E-state index contributed by atoms with van der Waals surface area (Å²) in [5.41, 5.74) is 1.36. The van der Waals surface area contributed by atoms with Gasteiger partial charge in [0.1, 0.15) is 0 Å². The van der Waals surface area contributed by atoms with Gasteiger partial charge in [-0.25, -0.2) is 0 Å². The average molecular weight is 280 g/mol. The molecule has 0 aliphatic carbocycles. The van der Waals surface area contributed by atoms with Crippen LogP contribution < -0.4 is 5.32 Å². The first-order valence-corrected chi connectivity index (χ1v) is 8.22. The van der Waals surface area contributed by atoms with Crippen molar-refractivity contribution in [3.8, 4) is 0 Å². The lowest BCUT2D eigenvalue weighted by Gasteiger charge is -2.29. The molecule has 19 heavy (non-hydrogen) atoms. The summed E-state index contributed by atoms with van der Waals surface area (Å²) < 4.78 is 0. The van der Waals surface area contributed by atoms with Gasteiger partial charge in [-0.15, -0.1) is 11.8 Å². The minimum Gasteiger partial charge on any atom is -0.309 e. The molecule has 108 valence electrons. The first-order valence-electron chi connectivity index (χ1n) is 6.99. The van der Waals surface area contributed by atoms with E-state index in [-0.39, 0.29) is 0 Å². The van der Waals surface area contributed by atoms with Crippen LogP contribution in [-0.2, 0) is 0 Å². The molecule has 0 aromatic heterocycles. The number of hydrogen-bond acceptors (Lipinski definition) is 3. The Bertz CT molecular complexity index is 352. The first-order chi connectivity index (χ1) is 8.95. The molecule has 0 spiro atoms. The lowest BCUT2D eigenvalue weighted by molar-refractivity contribution is 0.220. The summed E-state index contributed by atoms with van der Waals surface area (Å²) >= 11 is 1.79. The Morgan fingerprint density at radius 2 is 1.68 bits per heavy atom. The lowest BCUT2D eigenvalue weighted by Crippen LogP contribution is -2.42. The number of hydrogen-bond donors (Lipinski definition) is 1. The molecule has 2 atom stereocenters. The van der Waals surface area contributed by atoms with Crippen molar-refractivity contribution in [2.24, 2.45) is 5.92 Å². The second-order valence-corrected chi connectivity index (χ2v) is 6.56. The summed E-state index contributed by atoms with van der Waals surface area (Å²) in [6.07, 6.45) is 2.11. The third kappa shape index (κ3) is 5.17. The Kier molecular flexibility index (Phi) is 6.90. The highest BCUT2D eigenvalue weighted by Gasteiger charge is 2.16. The summed E-state index contributed by atoms with van der Waals surface area (Å²) in [5.74, 6) is 0.661. The van der Waals surface area contributed by atoms with Gasteiger partial charge in [-0.2, -0.15) is 0 Å². The van der Waals surface area contributed by atoms with Crippen LogP contribution >= 0.6 is 11.8 Å². The van der Waals surface area contributed by atoms with E-state index in [9.17, 15) is 0 Å². The SMILES string of the molecule is CSc1ccc(C(C)NCC(C(C)C)N(C)C)cc1. The smallest absolute Gasteiger partial charge is 0.0292 e. The summed E-state index contributed by atoms with van der Waals surface area (Å²) in [6, 6.07) is 9.83. The average Bonchev–Trinajstić information content (AvgIpc) is 2.38. The van der Waals surface area contributed by atoms with E-state index in [1.807, 2.05) is 0 Å². The maximum absolute atomic E-state index is 3.65. The molecule has 0 amide bonds. The van der Waals surface area contributed by atoms with E-state index < -0.39 is 0 Å². The Morgan fingerprint density at radius 1 is 1.11 bits per heavy atom. The van der Waals surface area contributed by atoms with Crippen molar-refractivity contribution in [2.75, 3.05) is 26.9 Å². The van der Waals surface area contributed by atoms with Crippen LogP contribution in [0.25, 0.3) is 0 Å². The molecule has 0 heterocycles. The number of rotatable bonds is 7. The molecule has 1 rings (SSSR count). The highest BCUT2D eigenvalue weighted by Crippen LogP contribution is 2.19. The Morgan fingerprint density at radius 3 is 2.11 bits per heavy atom. The van der Waals surface area contributed by atoms with Gasteiger partial charge in [0.05, 0.1) is 0 Å². The third-order valence-electron chi connectivity index (χ3n) is 3.68. The van der Waals surface area contributed by atoms with E-state index in [1.54, 1.807) is 11.8 Å². The van der Waals surface area contributed by atoms with Gasteiger partial charge in [-0.1, -0.05) is 26.0 Å². The second-order valence-electron chi connectivity index (χ2n) is 5.68. The van der Waals surface area contributed by atoms with Gasteiger partial charge in [0, 0.05) is 23.5 Å². The molecule has 0 radical (unpaired) electrons. The van der Waals surface area contributed by atoms with Crippen molar-refractivity contribution in [3.05, 3.63) is 29.8 Å². The minimum absolute atomic E-state index is 0.400. The summed E-state index contributed by atoms with van der Waals surface area (Å²) in [4.78, 5) is 3.63. The summed E-state index contributed by atoms with van der Waals surface area (Å²) in [6.45, 7) is 7.83. The van der Waals surface area contributed by atoms with Gasteiger partial charge in [0.2, 0.25) is 0 Å². The molecule has 0 saturated carbocycles. The van der Waals surface area contributed by atoms with Crippen molar-refractivity contribution in [2.45, 2.75) is 37.8 Å². The zero-order valence-corrected chi connectivity index (χ0v) is 13.9. The molecular weight excluding hydrogens is 252 g/mol. The van der Waals surface area contributed by atoms with Gasteiger partial charge in [-0.3, -0.25) is 0 Å². The summed E-state index contributed by atoms with van der Waals surface area (Å²) in [5, 5.41) is 3.65. The van der Waals surface area contributed by atoms with Gasteiger partial charge in [0.15, 0.2) is 0 Å². The maximum Gasteiger partial charge on any atom is 0.0292 e. The van der Waals surface area contributed by atoms with Crippen LogP contribution in [0.2, 0.25) is 0 Å². The van der Waals surface area contributed by atoms with E-state index >= 15 is 0 Å². The number of thioether (sulfide) groups is 1. The molecule has 0 aliphatic heterocycles. The predicted molar refractivity (Wildman–Crippen MR) is 87.0 cm³/mol. The highest BCUT2D eigenvalue weighted by atomic mass is 32.2. The van der Waals surface area contributed by atoms with Crippen molar-refractivity contribution in [3.63, 3.8) is 0 Å². The molecule has 2 nitrogen and oxygen atoms in total. The predicted octanol–water partition coefficient (Wildman–Crippen LogP) is 3.65. The van der Waals surface area contributed by atoms with E-state index in [0.29, 0.717) is 18.0 Å². The van der Waals surface area contributed by atoms with Crippen LogP contribution in [-0.4, -0.2) is 37.8 Å². The van der Waals surface area contributed by atoms with Gasteiger partial charge in [0.25, 0.3) is 0 Å². The molecule has 3 heteroatoms. The number of likely N-dealkylation sites (N-methyl/N-ethyl adjacent to an activating group) is 1. The number of nitrogens with one attached hydrogen (secondary N) is 1. The topological polar surface area (TPSA) is 15.3 Å². The Labute approximate surface area is 123 Å². The van der Waals surface area contributed by atoms with Crippen LogP contribution in [0.4, 0.5) is 0 Å². The molecule has 2 unspecified atom stereocenters. The van der Waals surface area contributed by atoms with Crippen LogP contribution in [0.5, 0.6) is 0 Å². The van der Waals surface area contributed by atoms with Crippen LogP contribution in [0.1, 0.15) is 32.4 Å². The molecule has 0 fully saturated rings. The Balaban J connectivity index is 2.56. The maximum atomic E-state index is 3.65. The lowest BCUT2D eigenvalue weighted by atomic mass is 10.0. The van der Waals surface area contributed by atoms with Gasteiger partial charge >= 0.3 is 0 Å². The van der Waals surface area contributed by atoms with Crippen LogP contribution in [0.3, 0.4) is 0 Å². The van der Waals surface area contributed by atoms with Crippen molar-refractivity contribution >= 4 is 11.8 Å². The fourth-order valence-electron chi connectivity index (χ4n) is 2.32. The van der Waals surface area contributed by atoms with E-state index in [4.69, 9.17) is 0 Å². The fraction of sp³-hybridized carbons (Fsp3) is 0.625. The van der Waals surface area contributed by atoms with Gasteiger partial charge in [-0.05, 0) is 50.9 Å². The third-order valence-corrected chi connectivity index (χ3v) is 4.43. The molecule has 1 N–H and O–H groups in total. The monoisotopic (exact) mass is 280 g/mol. The summed E-state index contributed by atoms with van der Waals surface area (Å²) in [7, 11) is 4.31. The van der Waals surface area contributed by atoms with Crippen LogP contribution in [0, 0.1) is 5.92 Å². The number of nitrogens with zero attached hydrogens (tertiary/aromatic N) is 1. The standard InChI is InChI=1S/C16H28N2S/c1-12(2)16(18(4)5)11-17-13(3)14-7-9-15(19-6)10-8-14/h7-10,12-13,16-17H,11H2,1-6H3. The van der Waals surface area contributed by atoms with E-state index in [1.165, 1.54) is 10.5 Å². The fourth-order valence-corrected chi connectivity index (χ4v) is 2.73. The molecule has 0 aliphatic rings. The Hall–Kier alpha value is -0.510. The van der Waals surface area contributed by atoms with E-state index in [0.717, 1.165) is 6.54 Å². The van der Waals surface area contributed by atoms with Crippen LogP contribution in [0.15, 0.2) is 29.2 Å². The number of benzene rings is 1. The largest absolute Gasteiger partial charge is 0.309 e. The second kappa shape index (κ2) is 7.93. The van der Waals surface area contributed by atoms with Gasteiger partial charge < -0.3 is 10.2 Å². The highest BCUT2D eigenvalue weighted by molar-refractivity contribution is 7.98. The molecule has 0 bridgehead atoms. The molecule has 1 aromatic carbocycles. The first kappa shape index (κ1) is 16.5. The zero-order valence-electron chi connectivity index (χ0n) is 13.1. The van der Waals surface area contributed by atoms with Crippen molar-refractivity contribution < 1.29 is 0 Å². The van der Waals surface area contributed by atoms with Crippen molar-refractivity contribution in [1.82, 2.24) is 10.2 Å². The minimum atomic E-state index is 0.400. The molecule has 0 saturated heterocycles. The normalized spacial score (nSPS) is 14.9. The molecular formula is C16H28N2S. The zero-order chi connectivity index (χ0) is 14.4. The van der Waals surface area contributed by atoms with Crippen molar-refractivity contribution in [1.29, 1.82) is 0 Å². The van der Waals surface area contributed by atoms with E-state index in [2.05, 4.69) is 75.6 Å². The quantitative estimate of drug-likeness (QED) is 0.768. The molecule has 1 aromatic rings.